The number of cyclic esters (lactones) is 1. The van der Waals surface area contributed by atoms with Gasteiger partial charge >= 0.3 is 5.97 Å². The molecule has 0 amide bonds. The van der Waals surface area contributed by atoms with Gasteiger partial charge in [-0.25, -0.2) is 4.98 Å². The summed E-state index contributed by atoms with van der Waals surface area (Å²) >= 11 is 3.03. The van der Waals surface area contributed by atoms with Gasteiger partial charge in [-0.15, -0.1) is 11.3 Å². The van der Waals surface area contributed by atoms with Crippen molar-refractivity contribution < 1.29 is 9.53 Å². The number of carbonyl (C=O) groups is 1. The average Bonchev–Trinajstić information content (AvgIpc) is 3.19. The topological polar surface area (TPSA) is 61.2 Å². The number of aryl methyl sites for hydroxylation is 2. The van der Waals surface area contributed by atoms with E-state index in [2.05, 4.69) is 13.8 Å². The Hall–Kier alpha value is -1.34. The van der Waals surface area contributed by atoms with E-state index in [1.54, 1.807) is 15.9 Å². The minimum Gasteiger partial charge on any atom is -0.465 e. The molecule has 0 N–H and O–H groups in total. The summed E-state index contributed by atoms with van der Waals surface area (Å²) in [6, 6.07) is 0. The molecule has 1 aliphatic heterocycles. The van der Waals surface area contributed by atoms with E-state index in [1.165, 1.54) is 22.2 Å². The molecule has 1 saturated heterocycles. The molecule has 128 valence electrons. The van der Waals surface area contributed by atoms with Crippen LogP contribution in [-0.2, 0) is 28.9 Å². The Morgan fingerprint density at radius 1 is 1.38 bits per heavy atom. The summed E-state index contributed by atoms with van der Waals surface area (Å²) in [5.41, 5.74) is 1.27. The Morgan fingerprint density at radius 3 is 2.92 bits per heavy atom. The number of fused-ring (bicyclic) bond motifs is 3. The molecule has 5 nitrogen and oxygen atoms in total. The number of aromatic nitrogens is 2. The highest BCUT2D eigenvalue weighted by atomic mass is 32.2. The predicted molar refractivity (Wildman–Crippen MR) is 96.0 cm³/mol. The van der Waals surface area contributed by atoms with Gasteiger partial charge in [0.15, 0.2) is 5.16 Å². The Balaban J connectivity index is 1.84. The second-order valence-electron chi connectivity index (χ2n) is 6.80. The molecule has 0 saturated carbocycles. The zero-order chi connectivity index (χ0) is 16.8. The lowest BCUT2D eigenvalue weighted by molar-refractivity contribution is -0.137. The van der Waals surface area contributed by atoms with Gasteiger partial charge in [0.2, 0.25) is 0 Å². The second-order valence-corrected chi connectivity index (χ2v) is 9.06. The van der Waals surface area contributed by atoms with Crippen LogP contribution >= 0.6 is 23.1 Å². The van der Waals surface area contributed by atoms with Crippen LogP contribution in [0.4, 0.5) is 0 Å². The number of hydrogen-bond acceptors (Lipinski definition) is 6. The van der Waals surface area contributed by atoms with Gasteiger partial charge in [-0.05, 0) is 30.7 Å². The van der Waals surface area contributed by atoms with Gasteiger partial charge < -0.3 is 4.74 Å². The molecule has 1 fully saturated rings. The van der Waals surface area contributed by atoms with Crippen molar-refractivity contribution in [2.75, 3.05) is 6.61 Å². The SMILES string of the molecule is CC(C)Cn1c(SC2CCOC2=O)nc2sc3c(c2c1=O)CCC3. The highest BCUT2D eigenvalue weighted by Gasteiger charge is 2.30. The molecule has 0 bridgehead atoms. The molecule has 1 unspecified atom stereocenters. The first kappa shape index (κ1) is 16.1. The van der Waals surface area contributed by atoms with Gasteiger partial charge in [0.25, 0.3) is 5.56 Å². The van der Waals surface area contributed by atoms with Gasteiger partial charge in [-0.1, -0.05) is 25.6 Å². The third-order valence-electron chi connectivity index (χ3n) is 4.47. The number of thioether (sulfide) groups is 1. The third kappa shape index (κ3) is 2.67. The van der Waals surface area contributed by atoms with Crippen LogP contribution in [0.25, 0.3) is 10.2 Å². The fraction of sp³-hybridized carbons (Fsp3) is 0.588. The maximum Gasteiger partial charge on any atom is 0.319 e. The van der Waals surface area contributed by atoms with Crippen LogP contribution in [0.5, 0.6) is 0 Å². The lowest BCUT2D eigenvalue weighted by Gasteiger charge is -2.15. The first-order valence-electron chi connectivity index (χ1n) is 8.43. The van der Waals surface area contributed by atoms with E-state index in [4.69, 9.17) is 9.72 Å². The number of nitrogens with zero attached hydrogens (tertiary/aromatic N) is 2. The fourth-order valence-corrected chi connectivity index (χ4v) is 5.76. The van der Waals surface area contributed by atoms with E-state index in [9.17, 15) is 9.59 Å². The van der Waals surface area contributed by atoms with Crippen molar-refractivity contribution in [2.45, 2.75) is 56.5 Å². The second kappa shape index (κ2) is 6.19. The molecule has 2 aliphatic rings. The minimum atomic E-state index is -0.250. The van der Waals surface area contributed by atoms with Crippen LogP contribution in [0.2, 0.25) is 0 Å². The van der Waals surface area contributed by atoms with Gasteiger partial charge in [-0.3, -0.25) is 14.2 Å². The first-order chi connectivity index (χ1) is 11.5. The smallest absolute Gasteiger partial charge is 0.319 e. The number of thiophene rings is 1. The average molecular weight is 364 g/mol. The van der Waals surface area contributed by atoms with Crippen molar-refractivity contribution in [1.29, 1.82) is 0 Å². The molecule has 1 atom stereocenters. The van der Waals surface area contributed by atoms with Crippen molar-refractivity contribution in [3.8, 4) is 0 Å². The van der Waals surface area contributed by atoms with E-state index in [0.717, 1.165) is 29.5 Å². The molecular weight excluding hydrogens is 344 g/mol. The van der Waals surface area contributed by atoms with E-state index < -0.39 is 0 Å². The molecule has 0 aromatic carbocycles. The van der Waals surface area contributed by atoms with Crippen molar-refractivity contribution >= 4 is 39.3 Å². The number of hydrogen-bond donors (Lipinski definition) is 0. The molecular formula is C17H20N2O3S2. The molecule has 2 aromatic heterocycles. The first-order valence-corrected chi connectivity index (χ1v) is 10.1. The van der Waals surface area contributed by atoms with Crippen LogP contribution in [-0.4, -0.2) is 27.4 Å². The maximum absolute atomic E-state index is 13.2. The number of rotatable bonds is 4. The molecule has 2 aromatic rings. The molecule has 4 rings (SSSR count). The summed E-state index contributed by atoms with van der Waals surface area (Å²) in [5.74, 6) is 0.141. The Morgan fingerprint density at radius 2 is 2.21 bits per heavy atom. The number of carbonyl (C=O) groups excluding carboxylic acids is 1. The molecule has 0 radical (unpaired) electrons. The van der Waals surface area contributed by atoms with Crippen LogP contribution in [0, 0.1) is 5.92 Å². The summed E-state index contributed by atoms with van der Waals surface area (Å²) in [6.07, 6.45) is 3.85. The summed E-state index contributed by atoms with van der Waals surface area (Å²) in [5, 5.41) is 1.22. The zero-order valence-corrected chi connectivity index (χ0v) is 15.5. The summed E-state index contributed by atoms with van der Waals surface area (Å²) in [6.45, 7) is 5.26. The molecule has 1 aliphatic carbocycles. The molecule has 3 heterocycles. The van der Waals surface area contributed by atoms with Crippen molar-refractivity contribution in [1.82, 2.24) is 9.55 Å². The van der Waals surface area contributed by atoms with Crippen molar-refractivity contribution in [3.63, 3.8) is 0 Å². The van der Waals surface area contributed by atoms with E-state index in [-0.39, 0.29) is 16.8 Å². The van der Waals surface area contributed by atoms with Crippen molar-refractivity contribution in [3.05, 3.63) is 20.8 Å². The van der Waals surface area contributed by atoms with Crippen LogP contribution < -0.4 is 5.56 Å². The Bertz CT molecular complexity index is 869. The number of esters is 1. The predicted octanol–water partition coefficient (Wildman–Crippen LogP) is 3.01. The molecule has 24 heavy (non-hydrogen) atoms. The van der Waals surface area contributed by atoms with Crippen LogP contribution in [0.3, 0.4) is 0 Å². The number of ether oxygens (including phenoxy) is 1. The van der Waals surface area contributed by atoms with E-state index >= 15 is 0 Å². The Labute approximate surface area is 148 Å². The Kier molecular flexibility index (Phi) is 4.16. The minimum absolute atomic E-state index is 0.0574. The zero-order valence-electron chi connectivity index (χ0n) is 13.8. The van der Waals surface area contributed by atoms with Gasteiger partial charge in [0.05, 0.1) is 12.0 Å². The lowest BCUT2D eigenvalue weighted by atomic mass is 10.2. The van der Waals surface area contributed by atoms with Gasteiger partial charge in [0, 0.05) is 17.8 Å². The van der Waals surface area contributed by atoms with Crippen LogP contribution in [0.15, 0.2) is 9.95 Å². The summed E-state index contributed by atoms with van der Waals surface area (Å²) < 4.78 is 6.83. The van der Waals surface area contributed by atoms with Crippen molar-refractivity contribution in [2.24, 2.45) is 5.92 Å². The lowest BCUT2D eigenvalue weighted by Crippen LogP contribution is -2.26. The fourth-order valence-electron chi connectivity index (χ4n) is 3.39. The maximum atomic E-state index is 13.2. The highest BCUT2D eigenvalue weighted by molar-refractivity contribution is 8.00. The normalized spacial score (nSPS) is 20.1. The standard InChI is InChI=1S/C17H20N2O3S2/c1-9(2)8-19-15(20)13-10-4-3-5-11(10)23-14(13)18-17(19)24-12-6-7-22-16(12)21/h9,12H,3-8H2,1-2H3. The van der Waals surface area contributed by atoms with E-state index in [1.807, 2.05) is 0 Å². The van der Waals surface area contributed by atoms with E-state index in [0.29, 0.717) is 30.6 Å². The van der Waals surface area contributed by atoms with Gasteiger partial charge in [-0.2, -0.15) is 0 Å². The van der Waals surface area contributed by atoms with Gasteiger partial charge in [0.1, 0.15) is 10.1 Å². The van der Waals surface area contributed by atoms with Crippen LogP contribution in [0.1, 0.15) is 37.1 Å². The summed E-state index contributed by atoms with van der Waals surface area (Å²) in [4.78, 5) is 31.9. The summed E-state index contributed by atoms with van der Waals surface area (Å²) in [7, 11) is 0. The molecule has 7 heteroatoms. The largest absolute Gasteiger partial charge is 0.465 e. The quantitative estimate of drug-likeness (QED) is 0.616. The molecule has 0 spiro atoms. The highest BCUT2D eigenvalue weighted by Crippen LogP contribution is 2.36. The third-order valence-corrected chi connectivity index (χ3v) is 6.89. The monoisotopic (exact) mass is 364 g/mol.